The molecule has 3 nitrogen and oxygen atoms in total. The number of anilines is 1. The molecule has 0 bridgehead atoms. The van der Waals surface area contributed by atoms with Gasteiger partial charge in [0, 0.05) is 29.3 Å². The predicted molar refractivity (Wildman–Crippen MR) is 86.0 cm³/mol. The van der Waals surface area contributed by atoms with Crippen LogP contribution in [0, 0.1) is 5.92 Å². The lowest BCUT2D eigenvalue weighted by Gasteiger charge is -2.35. The molecule has 4 heteroatoms. The van der Waals surface area contributed by atoms with Crippen LogP contribution in [0.4, 0.5) is 5.69 Å². The standard InChI is InChI=1S/C16H20BrNO2/c1-2-12-4-3-9-18(11-12)15-10-14(17)7-5-13(15)6-8-16(19)20/h5-8,10,12H,2-4,9,11H2,1H3,(H,19,20)/b8-6+. The Morgan fingerprint density at radius 3 is 3.05 bits per heavy atom. The Bertz CT molecular complexity index is 513. The number of nitrogens with zero attached hydrogens (tertiary/aromatic N) is 1. The van der Waals surface area contributed by atoms with Crippen molar-refractivity contribution in [2.45, 2.75) is 26.2 Å². The van der Waals surface area contributed by atoms with Crippen LogP contribution in [-0.4, -0.2) is 24.2 Å². The SMILES string of the molecule is CCC1CCCN(c2cc(Br)ccc2/C=C/C(=O)O)C1. The fourth-order valence-electron chi connectivity index (χ4n) is 2.71. The maximum Gasteiger partial charge on any atom is 0.328 e. The predicted octanol–water partition coefficient (Wildman–Crippen LogP) is 4.17. The Morgan fingerprint density at radius 1 is 1.55 bits per heavy atom. The summed E-state index contributed by atoms with van der Waals surface area (Å²) in [5.41, 5.74) is 2.09. The molecule has 0 amide bonds. The summed E-state index contributed by atoms with van der Waals surface area (Å²) in [7, 11) is 0. The minimum absolute atomic E-state index is 0.735. The summed E-state index contributed by atoms with van der Waals surface area (Å²) >= 11 is 3.51. The van der Waals surface area contributed by atoms with Crippen molar-refractivity contribution in [3.8, 4) is 0 Å². The highest BCUT2D eigenvalue weighted by Crippen LogP contribution is 2.30. The van der Waals surface area contributed by atoms with E-state index in [0.717, 1.165) is 34.7 Å². The molecule has 2 rings (SSSR count). The molecule has 0 saturated carbocycles. The Labute approximate surface area is 128 Å². The van der Waals surface area contributed by atoms with Crippen molar-refractivity contribution in [2.24, 2.45) is 5.92 Å². The van der Waals surface area contributed by atoms with Crippen molar-refractivity contribution in [3.63, 3.8) is 0 Å². The van der Waals surface area contributed by atoms with E-state index in [1.165, 1.54) is 25.3 Å². The summed E-state index contributed by atoms with van der Waals surface area (Å²) in [6.45, 7) is 4.34. The van der Waals surface area contributed by atoms with Gasteiger partial charge in [0.05, 0.1) is 0 Å². The molecule has 1 unspecified atom stereocenters. The Hall–Kier alpha value is -1.29. The Kier molecular flexibility index (Phi) is 5.24. The van der Waals surface area contributed by atoms with Gasteiger partial charge in [-0.3, -0.25) is 0 Å². The lowest BCUT2D eigenvalue weighted by Crippen LogP contribution is -2.35. The van der Waals surface area contributed by atoms with Gasteiger partial charge in [0.2, 0.25) is 0 Å². The number of hydrogen-bond acceptors (Lipinski definition) is 2. The molecule has 20 heavy (non-hydrogen) atoms. The highest BCUT2D eigenvalue weighted by molar-refractivity contribution is 9.10. The van der Waals surface area contributed by atoms with E-state index in [2.05, 4.69) is 33.8 Å². The first-order valence-electron chi connectivity index (χ1n) is 7.05. The van der Waals surface area contributed by atoms with E-state index in [9.17, 15) is 4.79 Å². The monoisotopic (exact) mass is 337 g/mol. The second-order valence-corrected chi connectivity index (χ2v) is 6.15. The Morgan fingerprint density at radius 2 is 2.35 bits per heavy atom. The quantitative estimate of drug-likeness (QED) is 0.838. The van der Waals surface area contributed by atoms with Crippen LogP contribution >= 0.6 is 15.9 Å². The van der Waals surface area contributed by atoms with E-state index in [1.54, 1.807) is 6.08 Å². The fourth-order valence-corrected chi connectivity index (χ4v) is 3.06. The number of carboxylic acids is 1. The molecule has 1 heterocycles. The normalized spacial score (nSPS) is 19.5. The van der Waals surface area contributed by atoms with E-state index in [4.69, 9.17) is 5.11 Å². The molecule has 1 N–H and O–H groups in total. The maximum atomic E-state index is 10.7. The van der Waals surface area contributed by atoms with Crippen LogP contribution < -0.4 is 4.90 Å². The number of halogens is 1. The van der Waals surface area contributed by atoms with E-state index in [-0.39, 0.29) is 0 Å². The van der Waals surface area contributed by atoms with Crippen molar-refractivity contribution >= 4 is 33.7 Å². The third-order valence-corrected chi connectivity index (χ3v) is 4.33. The minimum atomic E-state index is -0.913. The molecule has 1 saturated heterocycles. The van der Waals surface area contributed by atoms with Crippen LogP contribution in [0.2, 0.25) is 0 Å². The van der Waals surface area contributed by atoms with Crippen LogP contribution in [0.1, 0.15) is 31.7 Å². The van der Waals surface area contributed by atoms with Gasteiger partial charge in [-0.15, -0.1) is 0 Å². The van der Waals surface area contributed by atoms with Crippen molar-refractivity contribution in [1.29, 1.82) is 0 Å². The average molecular weight is 338 g/mol. The van der Waals surface area contributed by atoms with Gasteiger partial charge in [0.1, 0.15) is 0 Å². The number of carbonyl (C=O) groups is 1. The highest BCUT2D eigenvalue weighted by Gasteiger charge is 2.20. The maximum absolute atomic E-state index is 10.7. The lowest BCUT2D eigenvalue weighted by molar-refractivity contribution is -0.131. The van der Waals surface area contributed by atoms with Crippen molar-refractivity contribution in [3.05, 3.63) is 34.3 Å². The molecule has 0 aromatic heterocycles. The van der Waals surface area contributed by atoms with Crippen LogP contribution in [0.15, 0.2) is 28.7 Å². The molecule has 1 fully saturated rings. The zero-order valence-corrected chi connectivity index (χ0v) is 13.3. The molecule has 0 radical (unpaired) electrons. The van der Waals surface area contributed by atoms with Crippen LogP contribution in [-0.2, 0) is 4.79 Å². The van der Waals surface area contributed by atoms with Gasteiger partial charge in [-0.05, 0) is 42.5 Å². The summed E-state index contributed by atoms with van der Waals surface area (Å²) in [5.74, 6) is -0.178. The van der Waals surface area contributed by atoms with E-state index >= 15 is 0 Å². The molecule has 108 valence electrons. The molecule has 0 aliphatic carbocycles. The molecule has 1 atom stereocenters. The zero-order chi connectivity index (χ0) is 14.5. The van der Waals surface area contributed by atoms with Crippen molar-refractivity contribution in [2.75, 3.05) is 18.0 Å². The minimum Gasteiger partial charge on any atom is -0.478 e. The second kappa shape index (κ2) is 6.93. The second-order valence-electron chi connectivity index (χ2n) is 5.24. The first-order chi connectivity index (χ1) is 9.60. The number of carboxylic acid groups (broad SMARTS) is 1. The summed E-state index contributed by atoms with van der Waals surface area (Å²) in [6.07, 6.45) is 6.58. The molecule has 1 aliphatic rings. The van der Waals surface area contributed by atoms with Gasteiger partial charge in [-0.1, -0.05) is 35.3 Å². The highest BCUT2D eigenvalue weighted by atomic mass is 79.9. The largest absolute Gasteiger partial charge is 0.478 e. The average Bonchev–Trinajstić information content (AvgIpc) is 2.46. The third kappa shape index (κ3) is 3.85. The molecule has 1 aliphatic heterocycles. The Balaban J connectivity index is 2.28. The van der Waals surface area contributed by atoms with Gasteiger partial charge >= 0.3 is 5.97 Å². The van der Waals surface area contributed by atoms with Gasteiger partial charge in [0.15, 0.2) is 0 Å². The van der Waals surface area contributed by atoms with E-state index < -0.39 is 5.97 Å². The first-order valence-corrected chi connectivity index (χ1v) is 7.85. The summed E-state index contributed by atoms with van der Waals surface area (Å²) < 4.78 is 1.03. The first kappa shape index (κ1) is 15.1. The van der Waals surface area contributed by atoms with Gasteiger partial charge in [-0.25, -0.2) is 4.79 Å². The topological polar surface area (TPSA) is 40.5 Å². The summed E-state index contributed by atoms with van der Waals surface area (Å²) in [4.78, 5) is 13.1. The molecule has 1 aromatic carbocycles. The molecular formula is C16H20BrNO2. The smallest absolute Gasteiger partial charge is 0.328 e. The summed E-state index contributed by atoms with van der Waals surface area (Å²) in [6, 6.07) is 6.00. The molecule has 0 spiro atoms. The van der Waals surface area contributed by atoms with Crippen molar-refractivity contribution < 1.29 is 9.90 Å². The van der Waals surface area contributed by atoms with E-state index in [0.29, 0.717) is 0 Å². The number of benzene rings is 1. The number of piperidine rings is 1. The molecular weight excluding hydrogens is 318 g/mol. The van der Waals surface area contributed by atoms with Crippen LogP contribution in [0.3, 0.4) is 0 Å². The molecule has 1 aromatic rings. The number of hydrogen-bond donors (Lipinski definition) is 1. The van der Waals surface area contributed by atoms with Crippen LogP contribution in [0.5, 0.6) is 0 Å². The van der Waals surface area contributed by atoms with Gasteiger partial charge in [0.25, 0.3) is 0 Å². The third-order valence-electron chi connectivity index (χ3n) is 3.83. The lowest BCUT2D eigenvalue weighted by atomic mass is 9.94. The van der Waals surface area contributed by atoms with Gasteiger partial charge in [-0.2, -0.15) is 0 Å². The number of rotatable bonds is 4. The number of aliphatic carboxylic acids is 1. The zero-order valence-electron chi connectivity index (χ0n) is 11.7. The van der Waals surface area contributed by atoms with E-state index in [1.807, 2.05) is 12.1 Å². The van der Waals surface area contributed by atoms with Gasteiger partial charge < -0.3 is 10.0 Å². The fraction of sp³-hybridized carbons (Fsp3) is 0.438. The van der Waals surface area contributed by atoms with Crippen LogP contribution in [0.25, 0.3) is 6.08 Å². The summed E-state index contributed by atoms with van der Waals surface area (Å²) in [5, 5.41) is 8.80. The van der Waals surface area contributed by atoms with Crippen molar-refractivity contribution in [1.82, 2.24) is 0 Å².